The van der Waals surface area contributed by atoms with Gasteiger partial charge >= 0.3 is 5.91 Å². The van der Waals surface area contributed by atoms with Crippen molar-refractivity contribution in [3.8, 4) is 5.75 Å². The van der Waals surface area contributed by atoms with E-state index in [0.29, 0.717) is 38.7 Å². The zero-order valence-electron chi connectivity index (χ0n) is 25.7. The summed E-state index contributed by atoms with van der Waals surface area (Å²) in [6.07, 6.45) is 0. The monoisotopic (exact) mass is 781 g/mol. The van der Waals surface area contributed by atoms with Crippen molar-refractivity contribution in [2.75, 3.05) is 4.90 Å². The second kappa shape index (κ2) is 13.9. The van der Waals surface area contributed by atoms with Crippen molar-refractivity contribution in [2.45, 2.75) is 29.7 Å². The first kappa shape index (κ1) is 32.0. The number of aryl methyl sites for hydroxylation is 1. The number of ether oxygens (including phenoxy) is 1. The fourth-order valence-corrected chi connectivity index (χ4v) is 7.97. The van der Waals surface area contributed by atoms with Gasteiger partial charge in [0.15, 0.2) is 4.34 Å². The van der Waals surface area contributed by atoms with Gasteiger partial charge in [0.25, 0.3) is 5.78 Å². The number of aliphatic hydroxyl groups excluding tert-OH is 1. The summed E-state index contributed by atoms with van der Waals surface area (Å²) >= 11 is 4.98. The quantitative estimate of drug-likeness (QED) is 0.0391. The number of benzene rings is 5. The van der Waals surface area contributed by atoms with Crippen molar-refractivity contribution in [3.63, 3.8) is 0 Å². The smallest absolute Gasteiger partial charge is 0.301 e. The van der Waals surface area contributed by atoms with Crippen LogP contribution in [-0.4, -0.2) is 27.0 Å². The van der Waals surface area contributed by atoms with Crippen LogP contribution >= 0.6 is 45.7 Å². The summed E-state index contributed by atoms with van der Waals surface area (Å²) in [4.78, 5) is 28.7. The molecular formula is C38H28IN3O4S2. The van der Waals surface area contributed by atoms with Gasteiger partial charge in [-0.3, -0.25) is 14.5 Å². The number of aliphatic hydroxyl groups is 1. The number of fused-ring (bicyclic) bond motifs is 1. The number of nitrogens with zero attached hydrogens (tertiary/aromatic N) is 3. The molecule has 1 N–H and O–H groups in total. The molecule has 1 saturated heterocycles. The molecule has 1 atom stereocenters. The van der Waals surface area contributed by atoms with Crippen molar-refractivity contribution in [3.05, 3.63) is 152 Å². The van der Waals surface area contributed by atoms with E-state index in [4.69, 9.17) is 4.74 Å². The summed E-state index contributed by atoms with van der Waals surface area (Å²) in [7, 11) is 0. The maximum Gasteiger partial charge on any atom is 0.301 e. The van der Waals surface area contributed by atoms with Crippen molar-refractivity contribution >= 4 is 79.0 Å². The third-order valence-electron chi connectivity index (χ3n) is 8.08. The Balaban J connectivity index is 1.17. The Hall–Kier alpha value is -4.52. The topological polar surface area (TPSA) is 92.6 Å². The highest BCUT2D eigenvalue weighted by molar-refractivity contribution is 14.1. The highest BCUT2D eigenvalue weighted by atomic mass is 127. The highest BCUT2D eigenvalue weighted by Crippen LogP contribution is 2.44. The van der Waals surface area contributed by atoms with Crippen LogP contribution < -0.4 is 9.64 Å². The molecule has 6 aromatic rings. The summed E-state index contributed by atoms with van der Waals surface area (Å²) in [6.45, 7) is 2.43. The second-order valence-corrected chi connectivity index (χ2v) is 14.7. The van der Waals surface area contributed by atoms with E-state index in [1.807, 2.05) is 67.6 Å². The number of amides is 1. The fourth-order valence-electron chi connectivity index (χ4n) is 5.74. The molecule has 48 heavy (non-hydrogen) atoms. The molecule has 1 aliphatic rings. The number of Topliss-reactive ketones (excluding diaryl/α,β-unsaturated/α-hetero) is 1. The first-order valence-electron chi connectivity index (χ1n) is 15.1. The van der Waals surface area contributed by atoms with Gasteiger partial charge in [-0.2, -0.15) is 0 Å². The molecule has 7 nitrogen and oxygen atoms in total. The molecule has 2 heterocycles. The standard InChI is InChI=1S/C38H28IN3O4S2/c1-23-6-4-7-24(20-23)21-46-30-18-14-27(15-19-30)34(43)32-33(26-12-16-29(39)17-13-26)42(36(45)35(32)44)37-40-41-38(48-37)47-22-28-10-5-9-25-8-2-3-11-31(25)28/h2-20,33,43H,21-22H2,1H3/b34-32+. The van der Waals surface area contributed by atoms with Crippen LogP contribution in [0.1, 0.15) is 33.9 Å². The molecule has 0 aliphatic carbocycles. The molecule has 1 aromatic heterocycles. The third kappa shape index (κ3) is 6.60. The maximum absolute atomic E-state index is 13.7. The van der Waals surface area contributed by atoms with E-state index in [2.05, 4.69) is 63.1 Å². The number of carbonyl (C=O) groups excluding carboxylic acids is 2. The van der Waals surface area contributed by atoms with Gasteiger partial charge < -0.3 is 9.84 Å². The molecule has 0 radical (unpaired) electrons. The summed E-state index contributed by atoms with van der Waals surface area (Å²) < 4.78 is 7.62. The molecule has 0 saturated carbocycles. The van der Waals surface area contributed by atoms with Crippen molar-refractivity contribution in [1.29, 1.82) is 0 Å². The van der Waals surface area contributed by atoms with Crippen LogP contribution in [0.4, 0.5) is 5.13 Å². The van der Waals surface area contributed by atoms with Crippen LogP contribution in [-0.2, 0) is 21.9 Å². The Morgan fingerprint density at radius 2 is 1.67 bits per heavy atom. The largest absolute Gasteiger partial charge is 0.507 e. The molecule has 5 aromatic carbocycles. The van der Waals surface area contributed by atoms with Gasteiger partial charge in [-0.25, -0.2) is 0 Å². The van der Waals surface area contributed by atoms with Gasteiger partial charge in [-0.15, -0.1) is 10.2 Å². The van der Waals surface area contributed by atoms with Crippen LogP contribution in [0.2, 0.25) is 0 Å². The lowest BCUT2D eigenvalue weighted by atomic mass is 9.95. The molecule has 238 valence electrons. The van der Waals surface area contributed by atoms with Crippen molar-refractivity contribution in [1.82, 2.24) is 10.2 Å². The SMILES string of the molecule is Cc1cccc(COc2ccc(/C(O)=C3\C(=O)C(=O)N(c4nnc(SCc5cccc6ccccc56)s4)C3c3ccc(I)cc3)cc2)c1. The zero-order valence-corrected chi connectivity index (χ0v) is 29.5. The van der Waals surface area contributed by atoms with Crippen LogP contribution in [0.15, 0.2) is 125 Å². The van der Waals surface area contributed by atoms with E-state index < -0.39 is 17.7 Å². The van der Waals surface area contributed by atoms with Crippen molar-refractivity contribution in [2.24, 2.45) is 0 Å². The molecule has 0 bridgehead atoms. The summed E-state index contributed by atoms with van der Waals surface area (Å²) in [5.74, 6) is -0.527. The van der Waals surface area contributed by atoms with Gasteiger partial charge in [0.1, 0.15) is 18.1 Å². The number of hydrogen-bond acceptors (Lipinski definition) is 8. The Bertz CT molecular complexity index is 2180. The van der Waals surface area contributed by atoms with E-state index in [1.54, 1.807) is 24.3 Å². The Morgan fingerprint density at radius 3 is 2.46 bits per heavy atom. The maximum atomic E-state index is 13.7. The first-order chi connectivity index (χ1) is 23.4. The number of anilines is 1. The number of ketones is 1. The van der Waals surface area contributed by atoms with E-state index in [9.17, 15) is 14.7 Å². The number of halogens is 1. The minimum atomic E-state index is -0.886. The first-order valence-corrected chi connectivity index (χ1v) is 18.0. The lowest BCUT2D eigenvalue weighted by Crippen LogP contribution is -2.29. The van der Waals surface area contributed by atoms with E-state index in [0.717, 1.165) is 14.7 Å². The Morgan fingerprint density at radius 1 is 0.917 bits per heavy atom. The average Bonchev–Trinajstić information content (AvgIpc) is 3.68. The predicted molar refractivity (Wildman–Crippen MR) is 199 cm³/mol. The normalized spacial score (nSPS) is 15.7. The van der Waals surface area contributed by atoms with E-state index >= 15 is 0 Å². The van der Waals surface area contributed by atoms with Crippen LogP contribution in [0.3, 0.4) is 0 Å². The summed E-state index contributed by atoms with van der Waals surface area (Å²) in [5.41, 5.74) is 4.44. The minimum Gasteiger partial charge on any atom is -0.507 e. The molecule has 0 spiro atoms. The number of aromatic nitrogens is 2. The van der Waals surface area contributed by atoms with Gasteiger partial charge in [0, 0.05) is 14.9 Å². The molecule has 7 rings (SSSR count). The number of carbonyl (C=O) groups is 2. The van der Waals surface area contributed by atoms with Gasteiger partial charge in [0.2, 0.25) is 5.13 Å². The number of hydrogen-bond donors (Lipinski definition) is 1. The fraction of sp³-hybridized carbons (Fsp3) is 0.105. The molecule has 1 unspecified atom stereocenters. The number of rotatable bonds is 9. The average molecular weight is 782 g/mol. The van der Waals surface area contributed by atoms with E-state index in [-0.39, 0.29) is 11.3 Å². The zero-order chi connectivity index (χ0) is 33.2. The predicted octanol–water partition coefficient (Wildman–Crippen LogP) is 9.10. The Labute approximate surface area is 299 Å². The van der Waals surface area contributed by atoms with Gasteiger partial charge in [-0.1, -0.05) is 108 Å². The summed E-state index contributed by atoms with van der Waals surface area (Å²) in [5, 5.41) is 23.0. The molecule has 1 fully saturated rings. The van der Waals surface area contributed by atoms with Crippen LogP contribution in [0.25, 0.3) is 16.5 Å². The third-order valence-corrected chi connectivity index (χ3v) is 10.9. The van der Waals surface area contributed by atoms with E-state index in [1.165, 1.54) is 44.3 Å². The van der Waals surface area contributed by atoms with Crippen molar-refractivity contribution < 1.29 is 19.4 Å². The highest BCUT2D eigenvalue weighted by Gasteiger charge is 2.48. The van der Waals surface area contributed by atoms with Crippen LogP contribution in [0.5, 0.6) is 5.75 Å². The number of thioether (sulfide) groups is 1. The molecule has 1 aliphatic heterocycles. The Kier molecular flexibility index (Phi) is 9.29. The second-order valence-electron chi connectivity index (χ2n) is 11.3. The van der Waals surface area contributed by atoms with Gasteiger partial charge in [-0.05, 0) is 93.4 Å². The lowest BCUT2D eigenvalue weighted by molar-refractivity contribution is -0.132. The molecule has 10 heteroatoms. The van der Waals surface area contributed by atoms with Gasteiger partial charge in [0.05, 0.1) is 11.6 Å². The lowest BCUT2D eigenvalue weighted by Gasteiger charge is -2.22. The molecular weight excluding hydrogens is 753 g/mol. The summed E-state index contributed by atoms with van der Waals surface area (Å²) in [6, 6.07) is 36.0. The van der Waals surface area contributed by atoms with Crippen LogP contribution in [0, 0.1) is 10.5 Å². The minimum absolute atomic E-state index is 0.00482. The molecule has 1 amide bonds.